The number of hydrogen-bond acceptors (Lipinski definition) is 4. The first-order chi connectivity index (χ1) is 11.5. The molecule has 0 radical (unpaired) electrons. The van der Waals surface area contributed by atoms with Crippen LogP contribution in [0.25, 0.3) is 0 Å². The van der Waals surface area contributed by atoms with Crippen LogP contribution in [0.1, 0.15) is 53.4 Å². The van der Waals surface area contributed by atoms with Crippen molar-refractivity contribution in [2.75, 3.05) is 0 Å². The first-order valence-corrected chi connectivity index (χ1v) is 9.55. The second-order valence-corrected chi connectivity index (χ2v) is 7.83. The molecule has 3 rings (SSSR count). The highest BCUT2D eigenvalue weighted by molar-refractivity contribution is 5.84. The van der Waals surface area contributed by atoms with Crippen LogP contribution >= 0.6 is 0 Å². The van der Waals surface area contributed by atoms with Gasteiger partial charge in [0.15, 0.2) is 0 Å². The number of allylic oxidation sites excluding steroid dienone is 2. The summed E-state index contributed by atoms with van der Waals surface area (Å²) in [5.74, 6) is 0.432. The van der Waals surface area contributed by atoms with Crippen molar-refractivity contribution in [1.29, 1.82) is 0 Å². The minimum Gasteiger partial charge on any atom is -0.462 e. The Hall–Kier alpha value is -1.32. The van der Waals surface area contributed by atoms with Gasteiger partial charge in [0.2, 0.25) is 0 Å². The Morgan fingerprint density at radius 1 is 0.958 bits per heavy atom. The molecule has 4 nitrogen and oxygen atoms in total. The molecular weight excluding hydrogens is 304 g/mol. The number of carbonyl (C=O) groups is 2. The fourth-order valence-corrected chi connectivity index (χ4v) is 4.95. The lowest BCUT2D eigenvalue weighted by atomic mass is 9.69. The average molecular weight is 334 g/mol. The maximum absolute atomic E-state index is 12.8. The highest BCUT2D eigenvalue weighted by atomic mass is 16.6. The lowest BCUT2D eigenvalue weighted by Crippen LogP contribution is -2.43. The maximum Gasteiger partial charge on any atom is 0.310 e. The SMILES string of the molecule is CCC(C)OC(=O)C1C2CC(C3CC=CC32)C1C(=O)OC(C)CC. The molecule has 0 amide bonds. The summed E-state index contributed by atoms with van der Waals surface area (Å²) in [6, 6.07) is 0. The molecule has 24 heavy (non-hydrogen) atoms. The van der Waals surface area contributed by atoms with Gasteiger partial charge < -0.3 is 9.47 Å². The fraction of sp³-hybridized carbons (Fsp3) is 0.800. The van der Waals surface area contributed by atoms with Crippen LogP contribution in [-0.4, -0.2) is 24.1 Å². The summed E-state index contributed by atoms with van der Waals surface area (Å²) in [5, 5.41) is 0. The van der Waals surface area contributed by atoms with Gasteiger partial charge in [0, 0.05) is 0 Å². The Kier molecular flexibility index (Phi) is 5.03. The van der Waals surface area contributed by atoms with Crippen molar-refractivity contribution in [1.82, 2.24) is 0 Å². The summed E-state index contributed by atoms with van der Waals surface area (Å²) in [5.41, 5.74) is 0. The van der Waals surface area contributed by atoms with Gasteiger partial charge in [-0.1, -0.05) is 26.0 Å². The molecule has 8 atom stereocenters. The van der Waals surface area contributed by atoms with E-state index in [1.807, 2.05) is 27.7 Å². The van der Waals surface area contributed by atoms with Crippen LogP contribution in [0.5, 0.6) is 0 Å². The molecular formula is C20H30O4. The monoisotopic (exact) mass is 334 g/mol. The van der Waals surface area contributed by atoms with E-state index in [4.69, 9.17) is 9.47 Å². The zero-order chi connectivity index (χ0) is 17.4. The molecule has 0 N–H and O–H groups in total. The first kappa shape index (κ1) is 17.5. The van der Waals surface area contributed by atoms with Crippen molar-refractivity contribution in [2.24, 2.45) is 35.5 Å². The normalized spacial score (nSPS) is 38.7. The molecule has 0 aromatic carbocycles. The fourth-order valence-electron chi connectivity index (χ4n) is 4.95. The van der Waals surface area contributed by atoms with E-state index in [0.717, 1.165) is 25.7 Å². The lowest BCUT2D eigenvalue weighted by Gasteiger charge is -2.36. The smallest absolute Gasteiger partial charge is 0.310 e. The van der Waals surface area contributed by atoms with Crippen LogP contribution in [0.15, 0.2) is 12.2 Å². The van der Waals surface area contributed by atoms with E-state index in [2.05, 4.69) is 12.2 Å². The molecule has 2 saturated carbocycles. The molecule has 0 aliphatic heterocycles. The van der Waals surface area contributed by atoms with E-state index in [9.17, 15) is 9.59 Å². The van der Waals surface area contributed by atoms with Gasteiger partial charge >= 0.3 is 11.9 Å². The Morgan fingerprint density at radius 2 is 1.50 bits per heavy atom. The number of fused-ring (bicyclic) bond motifs is 5. The largest absolute Gasteiger partial charge is 0.462 e. The van der Waals surface area contributed by atoms with Crippen LogP contribution in [0, 0.1) is 35.5 Å². The van der Waals surface area contributed by atoms with E-state index < -0.39 is 0 Å². The van der Waals surface area contributed by atoms with Crippen LogP contribution in [0.2, 0.25) is 0 Å². The second kappa shape index (κ2) is 6.89. The van der Waals surface area contributed by atoms with Gasteiger partial charge in [-0.25, -0.2) is 0 Å². The molecule has 0 heterocycles. The minimum absolute atomic E-state index is 0.0969. The molecule has 3 aliphatic rings. The Morgan fingerprint density at radius 3 is 2.04 bits per heavy atom. The number of esters is 2. The van der Waals surface area contributed by atoms with E-state index in [0.29, 0.717) is 11.8 Å². The van der Waals surface area contributed by atoms with Crippen LogP contribution in [-0.2, 0) is 19.1 Å². The summed E-state index contributed by atoms with van der Waals surface area (Å²) in [6.45, 7) is 7.83. The molecule has 8 unspecified atom stereocenters. The standard InChI is InChI=1S/C20H30O4/c1-5-11(3)23-19(21)17-15-10-16(14-9-7-8-13(14)15)18(17)20(22)24-12(4)6-2/h7-8,11-18H,5-6,9-10H2,1-4H3. The number of rotatable bonds is 6. The predicted octanol–water partition coefficient (Wildman–Crippen LogP) is 3.74. The molecule has 2 fully saturated rings. The maximum atomic E-state index is 12.8. The topological polar surface area (TPSA) is 52.6 Å². The van der Waals surface area contributed by atoms with Gasteiger partial charge in [0.1, 0.15) is 0 Å². The second-order valence-electron chi connectivity index (χ2n) is 7.83. The molecule has 134 valence electrons. The lowest BCUT2D eigenvalue weighted by molar-refractivity contribution is -0.170. The summed E-state index contributed by atoms with van der Waals surface area (Å²) in [7, 11) is 0. The highest BCUT2D eigenvalue weighted by Crippen LogP contribution is 2.62. The third-order valence-electron chi connectivity index (χ3n) is 6.49. The first-order valence-electron chi connectivity index (χ1n) is 9.55. The van der Waals surface area contributed by atoms with Gasteiger partial charge in [0.05, 0.1) is 24.0 Å². The summed E-state index contributed by atoms with van der Waals surface area (Å²) >= 11 is 0. The molecule has 0 spiro atoms. The molecule has 0 aromatic heterocycles. The van der Waals surface area contributed by atoms with Crippen molar-refractivity contribution >= 4 is 11.9 Å². The molecule has 4 heteroatoms. The van der Waals surface area contributed by atoms with E-state index in [1.165, 1.54) is 0 Å². The zero-order valence-electron chi connectivity index (χ0n) is 15.2. The van der Waals surface area contributed by atoms with Gasteiger partial charge in [-0.3, -0.25) is 9.59 Å². The molecule has 2 bridgehead atoms. The number of carbonyl (C=O) groups excluding carboxylic acids is 2. The Bertz CT molecular complexity index is 526. The molecule has 3 aliphatic carbocycles. The Labute approximate surface area is 145 Å². The van der Waals surface area contributed by atoms with Crippen molar-refractivity contribution in [3.8, 4) is 0 Å². The third-order valence-corrected chi connectivity index (χ3v) is 6.49. The van der Waals surface area contributed by atoms with Gasteiger partial charge in [0.25, 0.3) is 0 Å². The van der Waals surface area contributed by atoms with Crippen molar-refractivity contribution in [3.05, 3.63) is 12.2 Å². The van der Waals surface area contributed by atoms with Crippen molar-refractivity contribution in [2.45, 2.75) is 65.6 Å². The van der Waals surface area contributed by atoms with Crippen LogP contribution in [0.4, 0.5) is 0 Å². The quantitative estimate of drug-likeness (QED) is 0.548. The third kappa shape index (κ3) is 2.89. The zero-order valence-corrected chi connectivity index (χ0v) is 15.2. The average Bonchev–Trinajstić information content (AvgIpc) is 3.24. The minimum atomic E-state index is -0.329. The summed E-state index contributed by atoms with van der Waals surface area (Å²) in [6.07, 6.45) is 7.86. The molecule has 0 aromatic rings. The summed E-state index contributed by atoms with van der Waals surface area (Å²) in [4.78, 5) is 25.6. The van der Waals surface area contributed by atoms with Crippen molar-refractivity contribution < 1.29 is 19.1 Å². The van der Waals surface area contributed by atoms with Crippen LogP contribution < -0.4 is 0 Å². The Balaban J connectivity index is 1.81. The van der Waals surface area contributed by atoms with E-state index >= 15 is 0 Å². The van der Waals surface area contributed by atoms with E-state index in [-0.39, 0.29) is 47.8 Å². The predicted molar refractivity (Wildman–Crippen MR) is 91.0 cm³/mol. The van der Waals surface area contributed by atoms with Crippen molar-refractivity contribution in [3.63, 3.8) is 0 Å². The number of hydrogen-bond donors (Lipinski definition) is 0. The van der Waals surface area contributed by atoms with E-state index in [1.54, 1.807) is 0 Å². The van der Waals surface area contributed by atoms with Gasteiger partial charge in [-0.15, -0.1) is 0 Å². The highest BCUT2D eigenvalue weighted by Gasteiger charge is 2.63. The summed E-state index contributed by atoms with van der Waals surface area (Å²) < 4.78 is 11.3. The van der Waals surface area contributed by atoms with Gasteiger partial charge in [-0.05, 0) is 63.2 Å². The van der Waals surface area contributed by atoms with Crippen LogP contribution in [0.3, 0.4) is 0 Å². The van der Waals surface area contributed by atoms with Gasteiger partial charge in [-0.2, -0.15) is 0 Å². The molecule has 0 saturated heterocycles. The number of ether oxygens (including phenoxy) is 2.